The van der Waals surface area contributed by atoms with E-state index in [1.165, 1.54) is 5.56 Å². The Balaban J connectivity index is 2.00. The summed E-state index contributed by atoms with van der Waals surface area (Å²) in [4.78, 5) is 6.80. The maximum atomic E-state index is 6.17. The predicted octanol–water partition coefficient (Wildman–Crippen LogP) is 1.50. The average molecular weight is 258 g/mol. The van der Waals surface area contributed by atoms with Gasteiger partial charge in [0.2, 0.25) is 0 Å². The molecular weight excluding hydrogens is 236 g/mol. The van der Waals surface area contributed by atoms with E-state index in [0.29, 0.717) is 11.9 Å². The highest BCUT2D eigenvalue weighted by Gasteiger charge is 2.48. The first-order chi connectivity index (χ1) is 9.13. The van der Waals surface area contributed by atoms with Crippen LogP contribution < -0.4 is 16.0 Å². The van der Waals surface area contributed by atoms with E-state index < -0.39 is 0 Å². The smallest absolute Gasteiger partial charge is 0.196 e. The van der Waals surface area contributed by atoms with Crippen LogP contribution in [0.15, 0.2) is 29.3 Å². The van der Waals surface area contributed by atoms with Gasteiger partial charge in [0.15, 0.2) is 5.96 Å². The lowest BCUT2D eigenvalue weighted by molar-refractivity contribution is 0.240. The number of piperidine rings is 1. The highest BCUT2D eigenvalue weighted by molar-refractivity contribution is 5.98. The summed E-state index contributed by atoms with van der Waals surface area (Å²) in [7, 11) is 0. The number of hydrogen-bond donors (Lipinski definition) is 2. The first kappa shape index (κ1) is 12.5. The molecule has 0 amide bonds. The first-order valence-corrected chi connectivity index (χ1v) is 7.01. The second-order valence-corrected chi connectivity index (χ2v) is 5.80. The lowest BCUT2D eigenvalue weighted by atomic mass is 9.78. The van der Waals surface area contributed by atoms with Crippen molar-refractivity contribution in [2.24, 2.45) is 16.6 Å². The minimum atomic E-state index is 0.0601. The highest BCUT2D eigenvalue weighted by Crippen LogP contribution is 2.38. The van der Waals surface area contributed by atoms with Gasteiger partial charge in [-0.1, -0.05) is 24.6 Å². The predicted molar refractivity (Wildman–Crippen MR) is 79.5 cm³/mol. The van der Waals surface area contributed by atoms with Crippen molar-refractivity contribution in [3.05, 3.63) is 29.8 Å². The summed E-state index contributed by atoms with van der Waals surface area (Å²) in [6, 6.07) is 8.58. The molecule has 0 aromatic heterocycles. The molecule has 1 saturated heterocycles. The van der Waals surface area contributed by atoms with Gasteiger partial charge in [-0.25, -0.2) is 0 Å². The van der Waals surface area contributed by atoms with Crippen LogP contribution in [0.25, 0.3) is 0 Å². The summed E-state index contributed by atoms with van der Waals surface area (Å²) < 4.78 is 0. The standard InChI is InChI=1S/C15H22N4/c1-11-3-5-13(6-4-11)19-14(16)18-10-15(19)7-8-17-9-12(15)2/h3-6,12,17H,7-10H2,1-2H3,(H2,16,18). The Bertz CT molecular complexity index is 493. The molecule has 1 aromatic rings. The van der Waals surface area contributed by atoms with Crippen LogP contribution in [-0.4, -0.2) is 31.1 Å². The summed E-state index contributed by atoms with van der Waals surface area (Å²) >= 11 is 0. The minimum absolute atomic E-state index is 0.0601. The van der Waals surface area contributed by atoms with Crippen molar-refractivity contribution in [3.8, 4) is 0 Å². The third-order valence-corrected chi connectivity index (χ3v) is 4.58. The van der Waals surface area contributed by atoms with Crippen molar-refractivity contribution in [1.29, 1.82) is 0 Å². The van der Waals surface area contributed by atoms with Crippen LogP contribution in [0.5, 0.6) is 0 Å². The molecule has 2 unspecified atom stereocenters. The van der Waals surface area contributed by atoms with Crippen LogP contribution in [0.2, 0.25) is 0 Å². The first-order valence-electron chi connectivity index (χ1n) is 7.01. The van der Waals surface area contributed by atoms with Crippen LogP contribution >= 0.6 is 0 Å². The number of nitrogens with one attached hydrogen (secondary N) is 1. The zero-order valence-electron chi connectivity index (χ0n) is 11.7. The van der Waals surface area contributed by atoms with Crippen LogP contribution in [-0.2, 0) is 0 Å². The number of nitrogens with zero attached hydrogens (tertiary/aromatic N) is 2. The van der Waals surface area contributed by atoms with E-state index in [4.69, 9.17) is 5.73 Å². The number of guanidine groups is 1. The quantitative estimate of drug-likeness (QED) is 0.802. The van der Waals surface area contributed by atoms with Crippen LogP contribution in [0, 0.1) is 12.8 Å². The Morgan fingerprint density at radius 3 is 2.79 bits per heavy atom. The lowest BCUT2D eigenvalue weighted by Crippen LogP contribution is -2.61. The molecule has 2 heterocycles. The summed E-state index contributed by atoms with van der Waals surface area (Å²) in [6.07, 6.45) is 1.09. The van der Waals surface area contributed by atoms with E-state index in [2.05, 4.69) is 53.3 Å². The molecule has 102 valence electrons. The van der Waals surface area contributed by atoms with Gasteiger partial charge in [0, 0.05) is 12.2 Å². The Hall–Kier alpha value is -1.55. The minimum Gasteiger partial charge on any atom is -0.369 e. The van der Waals surface area contributed by atoms with Gasteiger partial charge in [0.25, 0.3) is 0 Å². The van der Waals surface area contributed by atoms with Gasteiger partial charge in [-0.3, -0.25) is 4.99 Å². The molecule has 3 rings (SSSR count). The zero-order valence-corrected chi connectivity index (χ0v) is 11.7. The maximum Gasteiger partial charge on any atom is 0.196 e. The molecule has 4 nitrogen and oxygen atoms in total. The molecule has 0 saturated carbocycles. The molecule has 2 aliphatic heterocycles. The zero-order chi connectivity index (χ0) is 13.5. The van der Waals surface area contributed by atoms with Gasteiger partial charge < -0.3 is 16.0 Å². The van der Waals surface area contributed by atoms with E-state index in [1.54, 1.807) is 0 Å². The lowest BCUT2D eigenvalue weighted by Gasteiger charge is -2.46. The number of nitrogens with two attached hydrogens (primary N) is 1. The monoisotopic (exact) mass is 258 g/mol. The van der Waals surface area contributed by atoms with E-state index >= 15 is 0 Å². The number of benzene rings is 1. The molecule has 19 heavy (non-hydrogen) atoms. The fourth-order valence-corrected chi connectivity index (χ4v) is 3.30. The topological polar surface area (TPSA) is 53.6 Å². The number of anilines is 1. The summed E-state index contributed by atoms with van der Waals surface area (Å²) in [5, 5.41) is 3.46. The van der Waals surface area contributed by atoms with Crippen molar-refractivity contribution in [3.63, 3.8) is 0 Å². The Kier molecular flexibility index (Phi) is 2.97. The SMILES string of the molecule is Cc1ccc(N2C(N)=NCC23CCNCC3C)cc1. The molecule has 0 radical (unpaired) electrons. The van der Waals surface area contributed by atoms with Crippen molar-refractivity contribution in [2.75, 3.05) is 24.5 Å². The second kappa shape index (κ2) is 4.53. The van der Waals surface area contributed by atoms with Crippen molar-refractivity contribution < 1.29 is 0 Å². The fraction of sp³-hybridized carbons (Fsp3) is 0.533. The molecule has 1 spiro atoms. The Morgan fingerprint density at radius 2 is 2.11 bits per heavy atom. The Morgan fingerprint density at radius 1 is 1.37 bits per heavy atom. The van der Waals surface area contributed by atoms with Gasteiger partial charge in [0.05, 0.1) is 12.1 Å². The van der Waals surface area contributed by atoms with Crippen molar-refractivity contribution >= 4 is 11.6 Å². The second-order valence-electron chi connectivity index (χ2n) is 5.80. The Labute approximate surface area is 114 Å². The normalized spacial score (nSPS) is 30.7. The third kappa shape index (κ3) is 1.91. The molecule has 1 aromatic carbocycles. The van der Waals surface area contributed by atoms with E-state index in [9.17, 15) is 0 Å². The molecular formula is C15H22N4. The number of hydrogen-bond acceptors (Lipinski definition) is 4. The molecule has 0 aliphatic carbocycles. The number of rotatable bonds is 1. The van der Waals surface area contributed by atoms with E-state index in [0.717, 1.165) is 31.7 Å². The molecule has 1 fully saturated rings. The molecule has 0 bridgehead atoms. The highest BCUT2D eigenvalue weighted by atomic mass is 15.4. The van der Waals surface area contributed by atoms with Crippen LogP contribution in [0.4, 0.5) is 5.69 Å². The van der Waals surface area contributed by atoms with Gasteiger partial charge in [-0.05, 0) is 37.9 Å². The number of aliphatic imine (C=N–C) groups is 1. The molecule has 2 aliphatic rings. The summed E-state index contributed by atoms with van der Waals surface area (Å²) in [5.74, 6) is 1.20. The molecule has 4 heteroatoms. The number of aryl methyl sites for hydroxylation is 1. The van der Waals surface area contributed by atoms with Crippen LogP contribution in [0.3, 0.4) is 0 Å². The third-order valence-electron chi connectivity index (χ3n) is 4.58. The van der Waals surface area contributed by atoms with Gasteiger partial charge in [0.1, 0.15) is 0 Å². The summed E-state index contributed by atoms with van der Waals surface area (Å²) in [5.41, 5.74) is 8.67. The largest absolute Gasteiger partial charge is 0.369 e. The fourth-order valence-electron chi connectivity index (χ4n) is 3.30. The van der Waals surface area contributed by atoms with Crippen LogP contribution in [0.1, 0.15) is 18.9 Å². The van der Waals surface area contributed by atoms with Gasteiger partial charge >= 0.3 is 0 Å². The molecule has 2 atom stereocenters. The average Bonchev–Trinajstić information content (AvgIpc) is 2.73. The van der Waals surface area contributed by atoms with Gasteiger partial charge in [-0.2, -0.15) is 0 Å². The van der Waals surface area contributed by atoms with E-state index in [1.807, 2.05) is 0 Å². The van der Waals surface area contributed by atoms with E-state index in [-0.39, 0.29) is 5.54 Å². The summed E-state index contributed by atoms with van der Waals surface area (Å²) in [6.45, 7) is 7.28. The molecule has 3 N–H and O–H groups in total. The maximum absolute atomic E-state index is 6.17. The van der Waals surface area contributed by atoms with Gasteiger partial charge in [-0.15, -0.1) is 0 Å². The van der Waals surface area contributed by atoms with Crippen molar-refractivity contribution in [1.82, 2.24) is 5.32 Å². The van der Waals surface area contributed by atoms with Crippen molar-refractivity contribution in [2.45, 2.75) is 25.8 Å².